The third-order valence-electron chi connectivity index (χ3n) is 8.12. The van der Waals surface area contributed by atoms with Gasteiger partial charge < -0.3 is 14.0 Å². The number of aromatic nitrogens is 3. The molecular weight excluding hydrogens is 747 g/mol. The number of furan rings is 1. The van der Waals surface area contributed by atoms with Crippen molar-refractivity contribution in [2.24, 2.45) is 0 Å². The minimum Gasteiger partial charge on any atom is -0.501 e. The molecule has 0 bridgehead atoms. The van der Waals surface area contributed by atoms with E-state index < -0.39 is 8.07 Å². The second-order valence-electron chi connectivity index (χ2n) is 13.3. The van der Waals surface area contributed by atoms with E-state index in [1.807, 2.05) is 48.7 Å². The Labute approximate surface area is 280 Å². The molecule has 4 nitrogen and oxygen atoms in total. The maximum Gasteiger partial charge on any atom is 0.120 e. The molecule has 0 unspecified atom stereocenters. The number of benzene rings is 4. The second kappa shape index (κ2) is 12.9. The quantitative estimate of drug-likeness (QED) is 0.132. The number of imidazole rings is 1. The predicted molar refractivity (Wildman–Crippen MR) is 187 cm³/mol. The van der Waals surface area contributed by atoms with Gasteiger partial charge in [0.05, 0.1) is 30.5 Å². The summed E-state index contributed by atoms with van der Waals surface area (Å²) in [6.45, 7) is 16.7. The maximum absolute atomic E-state index is 6.15. The number of aryl methyl sites for hydroxylation is 1. The molecule has 0 aliphatic rings. The molecule has 0 saturated carbocycles. The number of fused-ring (bicyclic) bond motifs is 4. The molecule has 7 aromatic rings. The number of hydrogen-bond donors (Lipinski definition) is 0. The van der Waals surface area contributed by atoms with Crippen molar-refractivity contribution in [3.05, 3.63) is 115 Å². The predicted octanol–water partition coefficient (Wildman–Crippen LogP) is 9.81. The Kier molecular flexibility index (Phi) is 9.32. The van der Waals surface area contributed by atoms with Gasteiger partial charge in [-0.15, -0.1) is 53.6 Å². The normalized spacial score (nSPS) is 11.8. The molecule has 0 fully saturated rings. The van der Waals surface area contributed by atoms with Crippen molar-refractivity contribution in [2.75, 3.05) is 0 Å². The summed E-state index contributed by atoms with van der Waals surface area (Å²) < 4.78 is 8.36. The Bertz CT molecular complexity index is 2010. The summed E-state index contributed by atoms with van der Waals surface area (Å²) in [5.41, 5.74) is 8.35. The van der Waals surface area contributed by atoms with Gasteiger partial charge in [-0.25, -0.2) is 0 Å². The van der Waals surface area contributed by atoms with Gasteiger partial charge in [0.1, 0.15) is 5.58 Å². The molecule has 0 saturated heterocycles. The van der Waals surface area contributed by atoms with Crippen LogP contribution in [0.25, 0.3) is 55.6 Å². The molecule has 231 valence electrons. The van der Waals surface area contributed by atoms with Crippen molar-refractivity contribution in [1.29, 1.82) is 0 Å². The first-order chi connectivity index (χ1) is 21.0. The molecule has 3 heterocycles. The Hall–Kier alpha value is -3.83. The summed E-state index contributed by atoms with van der Waals surface area (Å²) in [7, 11) is -1.26. The Morgan fingerprint density at radius 1 is 0.844 bits per heavy atom. The van der Waals surface area contributed by atoms with Crippen LogP contribution in [-0.4, -0.2) is 22.6 Å². The van der Waals surface area contributed by atoms with Gasteiger partial charge in [0, 0.05) is 38.2 Å². The fraction of sp³-hybridized carbons (Fsp3) is 0.231. The molecular formula is C39H39IrN3OSi-2. The Morgan fingerprint density at radius 2 is 1.60 bits per heavy atom. The number of hydrogen-bond acceptors (Lipinski definition) is 3. The largest absolute Gasteiger partial charge is 0.501 e. The molecule has 3 aromatic heterocycles. The molecule has 0 N–H and O–H groups in total. The molecule has 0 spiro atoms. The van der Waals surface area contributed by atoms with Crippen LogP contribution in [0, 0.1) is 12.1 Å². The zero-order chi connectivity index (χ0) is 31.1. The van der Waals surface area contributed by atoms with Crippen molar-refractivity contribution >= 4 is 46.2 Å². The van der Waals surface area contributed by atoms with Gasteiger partial charge in [-0.2, -0.15) is 0 Å². The van der Waals surface area contributed by atoms with Crippen LogP contribution in [0.5, 0.6) is 0 Å². The molecule has 7 rings (SSSR count). The van der Waals surface area contributed by atoms with Crippen LogP contribution in [0.15, 0.2) is 102 Å². The summed E-state index contributed by atoms with van der Waals surface area (Å²) in [6.07, 6.45) is 2.03. The zero-order valence-electron chi connectivity index (χ0n) is 27.0. The SMILES string of the molecule is CC(C)(C)c1c[c-]c(-c2ccc([Si](C)(C)C)cn2)cc1.CCn1c(-c2[c-]ccc3c2oc2ccccc23)nc2ccccc21.[Ir]. The standard InChI is InChI=1S/C21H15N2O.C18H24NSi.Ir/c1-2-23-18-12-5-4-11-17(18)22-21(23)16-10-7-9-15-14-8-3-6-13-19(14)24-20(15)16;1-18(2,3)15-9-7-14(8-10-15)17-12-11-16(13-19-17)20(4,5)6;/h3-9,11-13H,2H2,1H3;7,9-13H,1-6H3;/q2*-1;. The molecule has 0 aliphatic heterocycles. The summed E-state index contributed by atoms with van der Waals surface area (Å²) in [6, 6.07) is 37.8. The van der Waals surface area contributed by atoms with Gasteiger partial charge in [0.15, 0.2) is 0 Å². The van der Waals surface area contributed by atoms with Gasteiger partial charge in [-0.3, -0.25) is 4.98 Å². The number of para-hydroxylation sites is 3. The van der Waals surface area contributed by atoms with Crippen LogP contribution in [0.3, 0.4) is 0 Å². The summed E-state index contributed by atoms with van der Waals surface area (Å²) in [5.74, 6) is 0.906. The molecule has 45 heavy (non-hydrogen) atoms. The number of pyridine rings is 1. The molecule has 0 aliphatic carbocycles. The van der Waals surface area contributed by atoms with Crippen LogP contribution in [0.4, 0.5) is 0 Å². The van der Waals surface area contributed by atoms with Gasteiger partial charge in [0.25, 0.3) is 0 Å². The minimum absolute atomic E-state index is 0. The van der Waals surface area contributed by atoms with E-state index in [1.54, 1.807) is 0 Å². The van der Waals surface area contributed by atoms with Crippen molar-refractivity contribution in [2.45, 2.75) is 59.3 Å². The molecule has 4 aromatic carbocycles. The van der Waals surface area contributed by atoms with E-state index in [2.05, 4.69) is 118 Å². The average Bonchev–Trinajstić information content (AvgIpc) is 3.59. The van der Waals surface area contributed by atoms with Gasteiger partial charge >= 0.3 is 0 Å². The van der Waals surface area contributed by atoms with Gasteiger partial charge in [0.2, 0.25) is 0 Å². The van der Waals surface area contributed by atoms with Crippen molar-refractivity contribution in [3.63, 3.8) is 0 Å². The van der Waals surface area contributed by atoms with E-state index in [-0.39, 0.29) is 25.5 Å². The van der Waals surface area contributed by atoms with Gasteiger partial charge in [-0.1, -0.05) is 93.8 Å². The minimum atomic E-state index is -1.26. The third kappa shape index (κ3) is 6.60. The first-order valence-corrected chi connectivity index (χ1v) is 18.8. The van der Waals surface area contributed by atoms with E-state index in [4.69, 9.17) is 9.40 Å². The van der Waals surface area contributed by atoms with E-state index in [0.29, 0.717) is 0 Å². The van der Waals surface area contributed by atoms with Crippen LogP contribution in [0.1, 0.15) is 33.3 Å². The smallest absolute Gasteiger partial charge is 0.120 e. The summed E-state index contributed by atoms with van der Waals surface area (Å²) in [4.78, 5) is 9.46. The van der Waals surface area contributed by atoms with E-state index in [0.717, 1.165) is 62.2 Å². The maximum atomic E-state index is 6.15. The molecule has 1 radical (unpaired) electrons. The van der Waals surface area contributed by atoms with Crippen molar-refractivity contribution in [3.8, 4) is 22.6 Å². The van der Waals surface area contributed by atoms with Crippen LogP contribution in [0.2, 0.25) is 19.6 Å². The number of rotatable bonds is 4. The topological polar surface area (TPSA) is 43.9 Å². The molecule has 6 heteroatoms. The van der Waals surface area contributed by atoms with Crippen LogP contribution < -0.4 is 5.19 Å². The second-order valence-corrected chi connectivity index (χ2v) is 18.4. The van der Waals surface area contributed by atoms with Crippen LogP contribution >= 0.6 is 0 Å². The van der Waals surface area contributed by atoms with Crippen molar-refractivity contribution < 1.29 is 24.5 Å². The van der Waals surface area contributed by atoms with Crippen LogP contribution in [-0.2, 0) is 32.1 Å². The first-order valence-electron chi connectivity index (χ1n) is 15.3. The summed E-state index contributed by atoms with van der Waals surface area (Å²) in [5, 5.41) is 3.63. The third-order valence-corrected chi connectivity index (χ3v) is 10.1. The molecule has 0 amide bonds. The van der Waals surface area contributed by atoms with E-state index >= 15 is 0 Å². The zero-order valence-corrected chi connectivity index (χ0v) is 30.4. The van der Waals surface area contributed by atoms with Crippen molar-refractivity contribution in [1.82, 2.24) is 14.5 Å². The van der Waals surface area contributed by atoms with E-state index in [1.165, 1.54) is 10.8 Å². The first kappa shape index (κ1) is 32.6. The summed E-state index contributed by atoms with van der Waals surface area (Å²) >= 11 is 0. The van der Waals surface area contributed by atoms with Gasteiger partial charge in [-0.05, 0) is 41.4 Å². The Morgan fingerprint density at radius 3 is 2.27 bits per heavy atom. The number of nitrogens with zero attached hydrogens (tertiary/aromatic N) is 3. The average molecular weight is 786 g/mol. The fourth-order valence-electron chi connectivity index (χ4n) is 5.49. The van der Waals surface area contributed by atoms with E-state index in [9.17, 15) is 0 Å². The fourth-order valence-corrected chi connectivity index (χ4v) is 6.53. The monoisotopic (exact) mass is 786 g/mol. The Balaban J connectivity index is 0.000000177. The molecule has 0 atom stereocenters.